The van der Waals surface area contributed by atoms with Crippen LogP contribution in [-0.4, -0.2) is 35.3 Å². The van der Waals surface area contributed by atoms with Gasteiger partial charge in [-0.05, 0) is 25.3 Å². The van der Waals surface area contributed by atoms with E-state index in [1.807, 2.05) is 42.2 Å². The highest BCUT2D eigenvalue weighted by atomic mass is 35.5. The second-order valence-electron chi connectivity index (χ2n) is 7.21. The van der Waals surface area contributed by atoms with E-state index in [0.717, 1.165) is 31.2 Å². The average molecular weight is 366 g/mol. The van der Waals surface area contributed by atoms with Gasteiger partial charge < -0.3 is 16.0 Å². The summed E-state index contributed by atoms with van der Waals surface area (Å²) in [7, 11) is 0. The third-order valence-electron chi connectivity index (χ3n) is 5.62. The summed E-state index contributed by atoms with van der Waals surface area (Å²) in [5.41, 5.74) is 6.75. The Morgan fingerprint density at radius 2 is 1.96 bits per heavy atom. The summed E-state index contributed by atoms with van der Waals surface area (Å²) in [6.07, 6.45) is 4.40. The third-order valence-corrected chi connectivity index (χ3v) is 5.62. The Morgan fingerprint density at radius 1 is 1.32 bits per heavy atom. The lowest BCUT2D eigenvalue weighted by atomic mass is 9.96. The van der Waals surface area contributed by atoms with Crippen LogP contribution in [-0.2, 0) is 9.59 Å². The van der Waals surface area contributed by atoms with Crippen LogP contribution >= 0.6 is 12.4 Å². The maximum atomic E-state index is 12.7. The van der Waals surface area contributed by atoms with Gasteiger partial charge in [-0.2, -0.15) is 0 Å². The molecule has 2 amide bonds. The van der Waals surface area contributed by atoms with Crippen molar-refractivity contribution in [2.45, 2.75) is 50.6 Å². The molecule has 1 saturated heterocycles. The van der Waals surface area contributed by atoms with Gasteiger partial charge in [0.1, 0.15) is 0 Å². The van der Waals surface area contributed by atoms with Crippen LogP contribution in [0.3, 0.4) is 0 Å². The SMILES string of the molecule is CC(c1ccccc1)N1CC(C(=O)NC2(CN)CCCC2)CC1=O.Cl. The number of likely N-dealkylation sites (tertiary alicyclic amines) is 1. The van der Waals surface area contributed by atoms with Crippen LogP contribution in [0.15, 0.2) is 30.3 Å². The lowest BCUT2D eigenvalue weighted by Crippen LogP contribution is -2.53. The van der Waals surface area contributed by atoms with Crippen LogP contribution < -0.4 is 11.1 Å². The van der Waals surface area contributed by atoms with Gasteiger partial charge in [0, 0.05) is 19.5 Å². The van der Waals surface area contributed by atoms with E-state index in [-0.39, 0.29) is 41.7 Å². The molecule has 0 aromatic heterocycles. The number of benzene rings is 1. The van der Waals surface area contributed by atoms with Crippen molar-refractivity contribution in [3.8, 4) is 0 Å². The van der Waals surface area contributed by atoms with Crippen molar-refractivity contribution in [2.75, 3.05) is 13.1 Å². The second-order valence-corrected chi connectivity index (χ2v) is 7.21. The topological polar surface area (TPSA) is 75.4 Å². The van der Waals surface area contributed by atoms with E-state index < -0.39 is 0 Å². The monoisotopic (exact) mass is 365 g/mol. The molecule has 0 spiro atoms. The molecule has 0 bridgehead atoms. The van der Waals surface area contributed by atoms with E-state index in [1.165, 1.54) is 0 Å². The number of hydrogen-bond acceptors (Lipinski definition) is 3. The van der Waals surface area contributed by atoms with E-state index in [4.69, 9.17) is 5.73 Å². The molecule has 138 valence electrons. The summed E-state index contributed by atoms with van der Waals surface area (Å²) < 4.78 is 0. The van der Waals surface area contributed by atoms with Crippen molar-refractivity contribution in [3.63, 3.8) is 0 Å². The van der Waals surface area contributed by atoms with Gasteiger partial charge in [0.25, 0.3) is 0 Å². The number of hydrogen-bond donors (Lipinski definition) is 2. The molecule has 1 aliphatic carbocycles. The van der Waals surface area contributed by atoms with Gasteiger partial charge in [-0.1, -0.05) is 43.2 Å². The molecule has 2 fully saturated rings. The second kappa shape index (κ2) is 8.19. The largest absolute Gasteiger partial charge is 0.349 e. The average Bonchev–Trinajstić information content (AvgIpc) is 3.22. The Hall–Kier alpha value is -1.59. The Kier molecular flexibility index (Phi) is 6.47. The summed E-state index contributed by atoms with van der Waals surface area (Å²) in [6.45, 7) is 2.98. The fraction of sp³-hybridized carbons (Fsp3) is 0.579. The minimum absolute atomic E-state index is 0. The number of amides is 2. The van der Waals surface area contributed by atoms with E-state index in [9.17, 15) is 9.59 Å². The molecule has 2 unspecified atom stereocenters. The van der Waals surface area contributed by atoms with Crippen LogP contribution in [0.4, 0.5) is 0 Å². The number of nitrogens with two attached hydrogens (primary N) is 1. The lowest BCUT2D eigenvalue weighted by Gasteiger charge is -2.30. The predicted octanol–water partition coefficient (Wildman–Crippen LogP) is 2.41. The number of nitrogens with zero attached hydrogens (tertiary/aromatic N) is 1. The van der Waals surface area contributed by atoms with E-state index >= 15 is 0 Å². The molecular weight excluding hydrogens is 338 g/mol. The Balaban J connectivity index is 0.00000225. The van der Waals surface area contributed by atoms with Crippen molar-refractivity contribution in [1.29, 1.82) is 0 Å². The summed E-state index contributed by atoms with van der Waals surface area (Å²) in [6, 6.07) is 9.95. The number of halogens is 1. The zero-order valence-electron chi connectivity index (χ0n) is 14.7. The minimum Gasteiger partial charge on any atom is -0.349 e. The van der Waals surface area contributed by atoms with Crippen LogP contribution in [0.2, 0.25) is 0 Å². The molecule has 1 aromatic carbocycles. The quantitative estimate of drug-likeness (QED) is 0.841. The summed E-state index contributed by atoms with van der Waals surface area (Å²) >= 11 is 0. The first-order valence-corrected chi connectivity index (χ1v) is 8.91. The van der Waals surface area contributed by atoms with Crippen molar-refractivity contribution < 1.29 is 9.59 Å². The molecule has 2 aliphatic rings. The highest BCUT2D eigenvalue weighted by Crippen LogP contribution is 2.31. The first-order chi connectivity index (χ1) is 11.5. The van der Waals surface area contributed by atoms with Crippen molar-refractivity contribution in [1.82, 2.24) is 10.2 Å². The van der Waals surface area contributed by atoms with Gasteiger partial charge in [-0.3, -0.25) is 9.59 Å². The highest BCUT2D eigenvalue weighted by molar-refractivity contribution is 5.89. The molecule has 6 heteroatoms. The third kappa shape index (κ3) is 4.15. The first kappa shape index (κ1) is 19.7. The summed E-state index contributed by atoms with van der Waals surface area (Å²) in [5, 5.41) is 3.16. The number of rotatable bonds is 5. The maximum absolute atomic E-state index is 12.7. The lowest BCUT2D eigenvalue weighted by molar-refractivity contribution is -0.130. The summed E-state index contributed by atoms with van der Waals surface area (Å²) in [5.74, 6) is -0.231. The van der Waals surface area contributed by atoms with Gasteiger partial charge >= 0.3 is 0 Å². The van der Waals surface area contributed by atoms with Crippen molar-refractivity contribution >= 4 is 24.2 Å². The molecule has 1 heterocycles. The predicted molar refractivity (Wildman–Crippen MR) is 100 cm³/mol. The van der Waals surface area contributed by atoms with E-state index in [0.29, 0.717) is 19.5 Å². The van der Waals surface area contributed by atoms with Crippen molar-refractivity contribution in [3.05, 3.63) is 35.9 Å². The molecule has 25 heavy (non-hydrogen) atoms. The van der Waals surface area contributed by atoms with Gasteiger partial charge in [-0.15, -0.1) is 12.4 Å². The molecule has 1 aromatic rings. The fourth-order valence-corrected chi connectivity index (χ4v) is 3.99. The van der Waals surface area contributed by atoms with E-state index in [2.05, 4.69) is 5.32 Å². The van der Waals surface area contributed by atoms with Crippen LogP contribution in [0, 0.1) is 5.92 Å². The maximum Gasteiger partial charge on any atom is 0.225 e. The number of carbonyl (C=O) groups excluding carboxylic acids is 2. The van der Waals surface area contributed by atoms with Gasteiger partial charge in [0.2, 0.25) is 11.8 Å². The van der Waals surface area contributed by atoms with Crippen LogP contribution in [0.5, 0.6) is 0 Å². The van der Waals surface area contributed by atoms with Crippen LogP contribution in [0.25, 0.3) is 0 Å². The Morgan fingerprint density at radius 3 is 2.56 bits per heavy atom. The number of nitrogens with one attached hydrogen (secondary N) is 1. The highest BCUT2D eigenvalue weighted by Gasteiger charge is 2.40. The van der Waals surface area contributed by atoms with Gasteiger partial charge in [0.05, 0.1) is 17.5 Å². The molecule has 2 atom stereocenters. The van der Waals surface area contributed by atoms with Gasteiger partial charge in [-0.25, -0.2) is 0 Å². The number of carbonyl (C=O) groups is 2. The van der Waals surface area contributed by atoms with Crippen molar-refractivity contribution in [2.24, 2.45) is 11.7 Å². The standard InChI is InChI=1S/C19H27N3O2.ClH/c1-14(15-7-3-2-4-8-15)22-12-16(11-17(22)23)18(24)21-19(13-20)9-5-6-10-19;/h2-4,7-8,14,16H,5-6,9-13,20H2,1H3,(H,21,24);1H. The molecule has 3 N–H and O–H groups in total. The van der Waals surface area contributed by atoms with Gasteiger partial charge in [0.15, 0.2) is 0 Å². The molecular formula is C19H28ClN3O2. The smallest absolute Gasteiger partial charge is 0.225 e. The van der Waals surface area contributed by atoms with E-state index in [1.54, 1.807) is 0 Å². The zero-order valence-corrected chi connectivity index (χ0v) is 15.6. The Labute approximate surface area is 155 Å². The van der Waals surface area contributed by atoms with Crippen LogP contribution in [0.1, 0.15) is 50.6 Å². The molecule has 1 saturated carbocycles. The zero-order chi connectivity index (χ0) is 17.2. The molecule has 1 aliphatic heterocycles. The first-order valence-electron chi connectivity index (χ1n) is 8.91. The normalized spacial score (nSPS) is 23.2. The Bertz CT molecular complexity index is 602. The summed E-state index contributed by atoms with van der Waals surface area (Å²) in [4.78, 5) is 26.9. The fourth-order valence-electron chi connectivity index (χ4n) is 3.99. The molecule has 0 radical (unpaired) electrons. The molecule has 5 nitrogen and oxygen atoms in total. The minimum atomic E-state index is -0.271. The molecule has 3 rings (SSSR count).